The van der Waals surface area contributed by atoms with E-state index in [1.54, 1.807) is 18.9 Å². The lowest BCUT2D eigenvalue weighted by Gasteiger charge is -2.29. The monoisotopic (exact) mass is 382 g/mol. The Labute approximate surface area is 165 Å². The third kappa shape index (κ3) is 3.99. The van der Waals surface area contributed by atoms with Gasteiger partial charge in [-0.15, -0.1) is 11.8 Å². The molecule has 2 aromatic carbocycles. The van der Waals surface area contributed by atoms with Gasteiger partial charge in [0, 0.05) is 17.0 Å². The highest BCUT2D eigenvalue weighted by Gasteiger charge is 2.30. The van der Waals surface area contributed by atoms with Crippen molar-refractivity contribution in [3.05, 3.63) is 59.7 Å². The average molecular weight is 383 g/mol. The van der Waals surface area contributed by atoms with Crippen LogP contribution in [-0.4, -0.2) is 42.8 Å². The van der Waals surface area contributed by atoms with E-state index in [1.165, 1.54) is 23.3 Å². The number of hydrogen-bond donors (Lipinski definition) is 1. The van der Waals surface area contributed by atoms with Crippen LogP contribution in [0.15, 0.2) is 53.4 Å². The molecule has 0 aliphatic carbocycles. The van der Waals surface area contributed by atoms with Gasteiger partial charge in [-0.05, 0) is 50.0 Å². The van der Waals surface area contributed by atoms with E-state index in [4.69, 9.17) is 4.74 Å². The largest absolute Gasteiger partial charge is 0.496 e. The molecule has 142 valence electrons. The molecule has 1 amide bonds. The van der Waals surface area contributed by atoms with Gasteiger partial charge in [0.05, 0.1) is 18.4 Å². The van der Waals surface area contributed by atoms with Crippen molar-refractivity contribution in [1.82, 2.24) is 10.2 Å². The Morgan fingerprint density at radius 1 is 1.19 bits per heavy atom. The van der Waals surface area contributed by atoms with E-state index >= 15 is 0 Å². The van der Waals surface area contributed by atoms with Crippen molar-refractivity contribution in [2.75, 3.05) is 26.7 Å². The van der Waals surface area contributed by atoms with Crippen LogP contribution in [0.5, 0.6) is 5.75 Å². The summed E-state index contributed by atoms with van der Waals surface area (Å²) in [5.41, 5.74) is 2.44. The maximum absolute atomic E-state index is 12.8. The summed E-state index contributed by atoms with van der Waals surface area (Å²) in [6, 6.07) is 16.6. The molecule has 4 rings (SSSR count). The zero-order valence-electron chi connectivity index (χ0n) is 15.7. The molecule has 1 N–H and O–H groups in total. The van der Waals surface area contributed by atoms with E-state index in [0.717, 1.165) is 30.8 Å². The Bertz CT molecular complexity index is 779. The Morgan fingerprint density at radius 3 is 2.70 bits per heavy atom. The van der Waals surface area contributed by atoms with Crippen LogP contribution < -0.4 is 10.1 Å². The minimum Gasteiger partial charge on any atom is -0.496 e. The van der Waals surface area contributed by atoms with Gasteiger partial charge in [0.2, 0.25) is 5.91 Å². The standard InChI is InChI=1S/C22H26N2O2S/c1-26-19-10-4-3-9-17(19)18(24-12-6-7-13-24)15-23-22(25)21-14-16-8-2-5-11-20(16)27-21/h2-5,8-11,18,21H,6-7,12-15H2,1H3,(H,23,25)/t18-,21-/m1/s1. The van der Waals surface area contributed by atoms with E-state index in [0.29, 0.717) is 6.54 Å². The summed E-state index contributed by atoms with van der Waals surface area (Å²) in [6.45, 7) is 2.76. The minimum absolute atomic E-state index is 0.0284. The van der Waals surface area contributed by atoms with Gasteiger partial charge in [-0.3, -0.25) is 9.69 Å². The number of carbonyl (C=O) groups excluding carboxylic acids is 1. The van der Waals surface area contributed by atoms with Crippen molar-refractivity contribution in [3.8, 4) is 5.75 Å². The Morgan fingerprint density at radius 2 is 1.93 bits per heavy atom. The summed E-state index contributed by atoms with van der Waals surface area (Å²) in [7, 11) is 1.71. The Kier molecular flexibility index (Phi) is 5.69. The number of methoxy groups -OCH3 is 1. The first-order valence-corrected chi connectivity index (χ1v) is 10.5. The second-order valence-corrected chi connectivity index (χ2v) is 8.41. The average Bonchev–Trinajstić information content (AvgIpc) is 3.38. The SMILES string of the molecule is COc1ccccc1[C@@H](CNC(=O)[C@H]1Cc2ccccc2S1)N1CCCC1. The zero-order chi connectivity index (χ0) is 18.6. The van der Waals surface area contributed by atoms with E-state index < -0.39 is 0 Å². The number of benzene rings is 2. The first kappa shape index (κ1) is 18.4. The number of fused-ring (bicyclic) bond motifs is 1. The van der Waals surface area contributed by atoms with E-state index in [1.807, 2.05) is 30.3 Å². The number of carbonyl (C=O) groups is 1. The molecule has 5 heteroatoms. The number of nitrogens with zero attached hydrogens (tertiary/aromatic N) is 1. The molecule has 2 aliphatic rings. The van der Waals surface area contributed by atoms with Gasteiger partial charge in [-0.1, -0.05) is 36.4 Å². The molecule has 2 aliphatic heterocycles. The van der Waals surface area contributed by atoms with Gasteiger partial charge in [0.15, 0.2) is 0 Å². The minimum atomic E-state index is -0.0284. The number of likely N-dealkylation sites (tertiary alicyclic amines) is 1. The summed E-state index contributed by atoms with van der Waals surface area (Å²) in [4.78, 5) is 16.5. The molecule has 0 aromatic heterocycles. The van der Waals surface area contributed by atoms with Gasteiger partial charge >= 0.3 is 0 Å². The maximum atomic E-state index is 12.8. The summed E-state index contributed by atoms with van der Waals surface area (Å²) >= 11 is 1.68. The topological polar surface area (TPSA) is 41.6 Å². The second-order valence-electron chi connectivity index (χ2n) is 7.16. The molecule has 4 nitrogen and oxygen atoms in total. The van der Waals surface area contributed by atoms with E-state index in [-0.39, 0.29) is 17.2 Å². The van der Waals surface area contributed by atoms with Crippen molar-refractivity contribution >= 4 is 17.7 Å². The van der Waals surface area contributed by atoms with Gasteiger partial charge in [0.1, 0.15) is 5.75 Å². The number of thioether (sulfide) groups is 1. The van der Waals surface area contributed by atoms with E-state index in [9.17, 15) is 4.79 Å². The fourth-order valence-corrected chi connectivity index (χ4v) is 5.29. The lowest BCUT2D eigenvalue weighted by molar-refractivity contribution is -0.120. The van der Waals surface area contributed by atoms with Crippen molar-refractivity contribution in [2.24, 2.45) is 0 Å². The zero-order valence-corrected chi connectivity index (χ0v) is 16.5. The fourth-order valence-electron chi connectivity index (χ4n) is 4.07. The predicted molar refractivity (Wildman–Crippen MR) is 109 cm³/mol. The fraction of sp³-hybridized carbons (Fsp3) is 0.409. The molecule has 2 heterocycles. The Balaban J connectivity index is 1.45. The highest BCUT2D eigenvalue weighted by molar-refractivity contribution is 8.01. The summed E-state index contributed by atoms with van der Waals surface area (Å²) in [5.74, 6) is 1.03. The normalized spacial score (nSPS) is 20.3. The quantitative estimate of drug-likeness (QED) is 0.828. The predicted octanol–water partition coefficient (Wildman–Crippen LogP) is 3.67. The number of hydrogen-bond acceptors (Lipinski definition) is 4. The van der Waals surface area contributed by atoms with Crippen molar-refractivity contribution in [2.45, 2.75) is 35.4 Å². The van der Waals surface area contributed by atoms with E-state index in [2.05, 4.69) is 28.4 Å². The van der Waals surface area contributed by atoms with Crippen LogP contribution in [0.2, 0.25) is 0 Å². The van der Waals surface area contributed by atoms with Gasteiger partial charge in [0.25, 0.3) is 0 Å². The van der Waals surface area contributed by atoms with Crippen molar-refractivity contribution < 1.29 is 9.53 Å². The molecular formula is C22H26N2O2S. The van der Waals surface area contributed by atoms with Crippen molar-refractivity contribution in [3.63, 3.8) is 0 Å². The number of ether oxygens (including phenoxy) is 1. The molecule has 27 heavy (non-hydrogen) atoms. The molecule has 0 radical (unpaired) electrons. The second kappa shape index (κ2) is 8.36. The number of rotatable bonds is 6. The number of amides is 1. The molecule has 0 bridgehead atoms. The smallest absolute Gasteiger partial charge is 0.233 e. The van der Waals surface area contributed by atoms with Crippen LogP contribution >= 0.6 is 11.8 Å². The molecule has 0 unspecified atom stereocenters. The molecular weight excluding hydrogens is 356 g/mol. The molecule has 2 aromatic rings. The third-order valence-corrected chi connectivity index (χ3v) is 6.81. The summed E-state index contributed by atoms with van der Waals surface area (Å²) in [5, 5.41) is 3.20. The van der Waals surface area contributed by atoms with Gasteiger partial charge < -0.3 is 10.1 Å². The van der Waals surface area contributed by atoms with Crippen LogP contribution in [-0.2, 0) is 11.2 Å². The van der Waals surface area contributed by atoms with Crippen LogP contribution in [0.4, 0.5) is 0 Å². The highest BCUT2D eigenvalue weighted by atomic mass is 32.2. The molecule has 2 atom stereocenters. The Hall–Kier alpha value is -1.98. The van der Waals surface area contributed by atoms with Crippen molar-refractivity contribution in [1.29, 1.82) is 0 Å². The number of para-hydroxylation sites is 1. The van der Waals surface area contributed by atoms with Crippen LogP contribution in [0.25, 0.3) is 0 Å². The summed E-state index contributed by atoms with van der Waals surface area (Å²) in [6.07, 6.45) is 3.25. The first-order valence-electron chi connectivity index (χ1n) is 9.65. The first-order chi connectivity index (χ1) is 13.3. The molecule has 1 saturated heterocycles. The van der Waals surface area contributed by atoms with Crippen LogP contribution in [0, 0.1) is 0 Å². The summed E-state index contributed by atoms with van der Waals surface area (Å²) < 4.78 is 5.59. The third-order valence-electron chi connectivity index (χ3n) is 5.49. The lowest BCUT2D eigenvalue weighted by Crippen LogP contribution is -2.40. The van der Waals surface area contributed by atoms with Crippen LogP contribution in [0.3, 0.4) is 0 Å². The molecule has 0 saturated carbocycles. The molecule has 1 fully saturated rings. The van der Waals surface area contributed by atoms with Crippen LogP contribution in [0.1, 0.15) is 30.0 Å². The van der Waals surface area contributed by atoms with Gasteiger partial charge in [-0.2, -0.15) is 0 Å². The molecule has 0 spiro atoms. The van der Waals surface area contributed by atoms with Gasteiger partial charge in [-0.25, -0.2) is 0 Å². The highest BCUT2D eigenvalue weighted by Crippen LogP contribution is 2.37. The number of nitrogens with one attached hydrogen (secondary N) is 1. The lowest BCUT2D eigenvalue weighted by atomic mass is 10.0. The maximum Gasteiger partial charge on any atom is 0.233 e.